The van der Waals surface area contributed by atoms with Crippen LogP contribution in [0.5, 0.6) is 0 Å². The van der Waals surface area contributed by atoms with Crippen molar-refractivity contribution in [3.8, 4) is 11.3 Å². The van der Waals surface area contributed by atoms with Crippen LogP contribution in [-0.2, 0) is 6.54 Å². The van der Waals surface area contributed by atoms with Gasteiger partial charge in [-0.3, -0.25) is 5.41 Å². The number of nitrogens with one attached hydrogen (secondary N) is 2. The molecule has 0 amide bonds. The summed E-state index contributed by atoms with van der Waals surface area (Å²) in [7, 11) is 0. The zero-order chi connectivity index (χ0) is 21.1. The van der Waals surface area contributed by atoms with E-state index in [2.05, 4.69) is 39.4 Å². The van der Waals surface area contributed by atoms with Gasteiger partial charge in [-0.05, 0) is 36.2 Å². The topological polar surface area (TPSA) is 79.2 Å². The normalized spacial score (nSPS) is 11.6. The summed E-state index contributed by atoms with van der Waals surface area (Å²) >= 11 is 6.16. The summed E-state index contributed by atoms with van der Waals surface area (Å²) in [5.41, 5.74) is 14.2. The van der Waals surface area contributed by atoms with Gasteiger partial charge in [0.25, 0.3) is 0 Å². The number of hydrazone groups is 1. The summed E-state index contributed by atoms with van der Waals surface area (Å²) in [5, 5.41) is 13.6. The molecule has 0 saturated carbocycles. The molecule has 1 aromatic heterocycles. The fourth-order valence-corrected chi connectivity index (χ4v) is 3.83. The molecule has 150 valence electrons. The Labute approximate surface area is 180 Å². The third-order valence-corrected chi connectivity index (χ3v) is 5.23. The van der Waals surface area contributed by atoms with Crippen LogP contribution in [-0.4, -0.2) is 16.2 Å². The number of hydrogen-bond donors (Lipinski definition) is 3. The van der Waals surface area contributed by atoms with Crippen molar-refractivity contribution < 1.29 is 0 Å². The van der Waals surface area contributed by atoms with Gasteiger partial charge in [-0.25, -0.2) is 5.43 Å². The number of nitrogens with two attached hydrogens (primary N) is 1. The largest absolute Gasteiger partial charge is 0.369 e. The molecule has 4 N–H and O–H groups in total. The first-order chi connectivity index (χ1) is 14.5. The third kappa shape index (κ3) is 3.93. The lowest BCUT2D eigenvalue weighted by atomic mass is 10.0. The van der Waals surface area contributed by atoms with E-state index in [0.29, 0.717) is 11.6 Å². The second-order valence-electron chi connectivity index (χ2n) is 7.04. The molecule has 0 saturated heterocycles. The van der Waals surface area contributed by atoms with Crippen LogP contribution in [0.25, 0.3) is 22.2 Å². The number of guanidine groups is 1. The van der Waals surface area contributed by atoms with E-state index in [4.69, 9.17) is 22.7 Å². The molecule has 0 fully saturated rings. The summed E-state index contributed by atoms with van der Waals surface area (Å²) in [4.78, 5) is 0. The minimum absolute atomic E-state index is 0.199. The SMILES string of the molecule is C/C(=N/NC(=N)N)c1c(-c2ccc(Cl)cc2)n(Cc2ccccc2)c2ccccc12. The highest BCUT2D eigenvalue weighted by molar-refractivity contribution is 6.30. The molecule has 0 aliphatic carbocycles. The fraction of sp³-hybridized carbons (Fsp3) is 0.0833. The highest BCUT2D eigenvalue weighted by atomic mass is 35.5. The fourth-order valence-electron chi connectivity index (χ4n) is 3.71. The second-order valence-corrected chi connectivity index (χ2v) is 7.48. The maximum Gasteiger partial charge on any atom is 0.206 e. The molecule has 0 spiro atoms. The van der Waals surface area contributed by atoms with Crippen LogP contribution in [0.4, 0.5) is 0 Å². The Hall–Kier alpha value is -3.57. The van der Waals surface area contributed by atoms with E-state index in [1.54, 1.807) is 0 Å². The van der Waals surface area contributed by atoms with E-state index in [0.717, 1.165) is 33.4 Å². The number of nitrogens with zero attached hydrogens (tertiary/aromatic N) is 2. The van der Waals surface area contributed by atoms with Crippen LogP contribution in [0.2, 0.25) is 5.02 Å². The van der Waals surface area contributed by atoms with Crippen LogP contribution in [0.1, 0.15) is 18.1 Å². The van der Waals surface area contributed by atoms with Crippen molar-refractivity contribution in [3.63, 3.8) is 0 Å². The van der Waals surface area contributed by atoms with Crippen molar-refractivity contribution in [2.24, 2.45) is 10.8 Å². The van der Waals surface area contributed by atoms with Gasteiger partial charge in [-0.1, -0.05) is 72.3 Å². The summed E-state index contributed by atoms with van der Waals surface area (Å²) in [5.74, 6) is -0.199. The van der Waals surface area contributed by atoms with E-state index in [9.17, 15) is 0 Å². The molecule has 0 bridgehead atoms. The lowest BCUT2D eigenvalue weighted by Gasteiger charge is -2.13. The maximum absolute atomic E-state index is 7.45. The maximum atomic E-state index is 7.45. The molecule has 0 radical (unpaired) electrons. The molecular weight excluding hydrogens is 394 g/mol. The standard InChI is InChI=1S/C24H22ClN5/c1-16(28-29-24(26)27)22-20-9-5-6-10-21(20)30(15-17-7-3-2-4-8-17)23(22)18-11-13-19(25)14-12-18/h2-14H,15H2,1H3,(H4,26,27,29)/b28-16-. The summed E-state index contributed by atoms with van der Waals surface area (Å²) < 4.78 is 2.30. The van der Waals surface area contributed by atoms with Crippen molar-refractivity contribution >= 4 is 34.2 Å². The monoisotopic (exact) mass is 415 g/mol. The summed E-state index contributed by atoms with van der Waals surface area (Å²) in [6, 6.07) is 26.5. The van der Waals surface area contributed by atoms with Crippen LogP contribution < -0.4 is 11.2 Å². The third-order valence-electron chi connectivity index (χ3n) is 4.98. The van der Waals surface area contributed by atoms with Crippen LogP contribution >= 0.6 is 11.6 Å². The minimum Gasteiger partial charge on any atom is -0.369 e. The molecule has 0 unspecified atom stereocenters. The van der Waals surface area contributed by atoms with Crippen LogP contribution in [0.3, 0.4) is 0 Å². The Bertz CT molecular complexity index is 1220. The Morgan fingerprint density at radius 2 is 1.67 bits per heavy atom. The minimum atomic E-state index is -0.199. The Kier molecular flexibility index (Phi) is 5.55. The second kappa shape index (κ2) is 8.43. The number of halogens is 1. The lowest BCUT2D eigenvalue weighted by molar-refractivity contribution is 0.844. The summed E-state index contributed by atoms with van der Waals surface area (Å²) in [6.45, 7) is 2.64. The van der Waals surface area contributed by atoms with Crippen molar-refractivity contribution in [1.82, 2.24) is 9.99 Å². The molecule has 1 heterocycles. The first-order valence-electron chi connectivity index (χ1n) is 9.60. The van der Waals surface area contributed by atoms with E-state index in [-0.39, 0.29) is 5.96 Å². The number of para-hydroxylation sites is 1. The van der Waals surface area contributed by atoms with Crippen LogP contribution in [0.15, 0.2) is 84.0 Å². The Morgan fingerprint density at radius 1 is 1.00 bits per heavy atom. The zero-order valence-corrected chi connectivity index (χ0v) is 17.3. The van der Waals surface area contributed by atoms with Gasteiger partial charge in [-0.2, -0.15) is 5.10 Å². The number of rotatable bonds is 5. The Morgan fingerprint density at radius 3 is 2.37 bits per heavy atom. The number of fused-ring (bicyclic) bond motifs is 1. The quantitative estimate of drug-likeness (QED) is 0.237. The molecule has 4 rings (SSSR count). The van der Waals surface area contributed by atoms with Gasteiger partial charge in [0.15, 0.2) is 0 Å². The highest BCUT2D eigenvalue weighted by Gasteiger charge is 2.20. The number of aromatic nitrogens is 1. The molecule has 3 aromatic carbocycles. The molecule has 6 heteroatoms. The molecule has 30 heavy (non-hydrogen) atoms. The zero-order valence-electron chi connectivity index (χ0n) is 16.6. The van der Waals surface area contributed by atoms with E-state index in [1.165, 1.54) is 5.56 Å². The van der Waals surface area contributed by atoms with Crippen molar-refractivity contribution in [1.29, 1.82) is 5.41 Å². The van der Waals surface area contributed by atoms with Gasteiger partial charge in [0, 0.05) is 28.0 Å². The number of benzene rings is 3. The van der Waals surface area contributed by atoms with E-state index < -0.39 is 0 Å². The van der Waals surface area contributed by atoms with Crippen LogP contribution in [0, 0.1) is 5.41 Å². The van der Waals surface area contributed by atoms with Gasteiger partial charge in [0.2, 0.25) is 5.96 Å². The predicted molar refractivity (Wildman–Crippen MR) is 125 cm³/mol. The lowest BCUT2D eigenvalue weighted by Crippen LogP contribution is -2.26. The highest BCUT2D eigenvalue weighted by Crippen LogP contribution is 2.35. The van der Waals surface area contributed by atoms with Crippen molar-refractivity contribution in [2.45, 2.75) is 13.5 Å². The molecule has 5 nitrogen and oxygen atoms in total. The van der Waals surface area contributed by atoms with Gasteiger partial charge < -0.3 is 10.3 Å². The Balaban J connectivity index is 2.01. The smallest absolute Gasteiger partial charge is 0.206 e. The van der Waals surface area contributed by atoms with Gasteiger partial charge >= 0.3 is 0 Å². The van der Waals surface area contributed by atoms with Crippen molar-refractivity contribution in [3.05, 3.63) is 95.0 Å². The molecule has 4 aromatic rings. The average molecular weight is 416 g/mol. The van der Waals surface area contributed by atoms with E-state index in [1.807, 2.05) is 61.5 Å². The first-order valence-corrected chi connectivity index (χ1v) is 9.98. The van der Waals surface area contributed by atoms with Gasteiger partial charge in [-0.15, -0.1) is 0 Å². The molecule has 0 atom stereocenters. The van der Waals surface area contributed by atoms with Crippen molar-refractivity contribution in [2.75, 3.05) is 0 Å². The molecule has 0 aliphatic rings. The number of hydrogen-bond acceptors (Lipinski definition) is 2. The first kappa shape index (κ1) is 19.7. The van der Waals surface area contributed by atoms with Gasteiger partial charge in [0.1, 0.15) is 0 Å². The predicted octanol–water partition coefficient (Wildman–Crippen LogP) is 5.22. The van der Waals surface area contributed by atoms with Gasteiger partial charge in [0.05, 0.1) is 11.4 Å². The summed E-state index contributed by atoms with van der Waals surface area (Å²) in [6.07, 6.45) is 0. The van der Waals surface area contributed by atoms with E-state index >= 15 is 0 Å². The molecule has 0 aliphatic heterocycles. The average Bonchev–Trinajstić information content (AvgIpc) is 3.07. The molecular formula is C24H22ClN5.